The lowest BCUT2D eigenvalue weighted by Crippen LogP contribution is -2.28. The number of aromatic nitrogens is 1. The minimum absolute atomic E-state index is 0.0914. The van der Waals surface area contributed by atoms with Crippen LogP contribution in [0.3, 0.4) is 0 Å². The largest absolute Gasteiger partial charge is 0.326 e. The lowest BCUT2D eigenvalue weighted by Gasteiger charge is -2.22. The second-order valence-corrected chi connectivity index (χ2v) is 6.08. The molecule has 23 heavy (non-hydrogen) atoms. The summed E-state index contributed by atoms with van der Waals surface area (Å²) >= 11 is 0. The molecular weight excluding hydrogens is 286 g/mol. The van der Waals surface area contributed by atoms with Crippen LogP contribution in [0.25, 0.3) is 11.3 Å². The number of anilines is 1. The SMILES string of the molecule is O=C(CCC1CCNCC1)Nc1ccnc(-c2ccccc2)c1. The molecule has 1 aliphatic rings. The number of nitrogens with one attached hydrogen (secondary N) is 2. The predicted octanol–water partition coefficient (Wildman–Crippen LogP) is 3.47. The highest BCUT2D eigenvalue weighted by Gasteiger charge is 2.14. The Hall–Kier alpha value is -2.20. The molecule has 0 unspecified atom stereocenters. The van der Waals surface area contributed by atoms with Crippen molar-refractivity contribution >= 4 is 11.6 Å². The van der Waals surface area contributed by atoms with Gasteiger partial charge in [0.05, 0.1) is 5.69 Å². The molecule has 0 bridgehead atoms. The average molecular weight is 309 g/mol. The Morgan fingerprint density at radius 3 is 2.74 bits per heavy atom. The lowest BCUT2D eigenvalue weighted by atomic mass is 9.93. The molecule has 120 valence electrons. The van der Waals surface area contributed by atoms with Gasteiger partial charge < -0.3 is 10.6 Å². The summed E-state index contributed by atoms with van der Waals surface area (Å²) in [7, 11) is 0. The molecule has 1 aromatic carbocycles. The fourth-order valence-electron chi connectivity index (χ4n) is 3.00. The number of nitrogens with zero attached hydrogens (tertiary/aromatic N) is 1. The maximum absolute atomic E-state index is 12.2. The molecular formula is C19H23N3O. The fraction of sp³-hybridized carbons (Fsp3) is 0.368. The van der Waals surface area contributed by atoms with Crippen molar-refractivity contribution in [3.05, 3.63) is 48.7 Å². The molecule has 1 amide bonds. The Balaban J connectivity index is 1.56. The summed E-state index contributed by atoms with van der Waals surface area (Å²) in [4.78, 5) is 16.5. The number of hydrogen-bond donors (Lipinski definition) is 2. The standard InChI is InChI=1S/C19H23N3O/c23-19(7-6-15-8-11-20-12-9-15)22-17-10-13-21-18(14-17)16-4-2-1-3-5-16/h1-5,10,13-15,20H,6-9,11-12H2,(H,21,22,23). The topological polar surface area (TPSA) is 54.0 Å². The smallest absolute Gasteiger partial charge is 0.224 e. The summed E-state index contributed by atoms with van der Waals surface area (Å²) < 4.78 is 0. The third-order valence-corrected chi connectivity index (χ3v) is 4.35. The third kappa shape index (κ3) is 4.63. The van der Waals surface area contributed by atoms with Crippen LogP contribution in [-0.4, -0.2) is 24.0 Å². The van der Waals surface area contributed by atoms with E-state index in [1.807, 2.05) is 42.5 Å². The van der Waals surface area contributed by atoms with Crippen LogP contribution in [0.4, 0.5) is 5.69 Å². The fourth-order valence-corrected chi connectivity index (χ4v) is 3.00. The molecule has 0 atom stereocenters. The highest BCUT2D eigenvalue weighted by atomic mass is 16.1. The molecule has 0 saturated carbocycles. The molecule has 0 radical (unpaired) electrons. The number of pyridine rings is 1. The number of hydrogen-bond acceptors (Lipinski definition) is 3. The first-order chi connectivity index (χ1) is 11.3. The Kier molecular flexibility index (Phi) is 5.37. The summed E-state index contributed by atoms with van der Waals surface area (Å²) in [5.41, 5.74) is 2.74. The van der Waals surface area contributed by atoms with Gasteiger partial charge in [-0.05, 0) is 50.4 Å². The first-order valence-corrected chi connectivity index (χ1v) is 8.33. The van der Waals surface area contributed by atoms with Gasteiger partial charge in [-0.1, -0.05) is 30.3 Å². The van der Waals surface area contributed by atoms with Gasteiger partial charge in [0, 0.05) is 23.9 Å². The molecule has 1 fully saturated rings. The summed E-state index contributed by atoms with van der Waals surface area (Å²) in [6.45, 7) is 2.16. The molecule has 1 aliphatic heterocycles. The van der Waals surface area contributed by atoms with Crippen LogP contribution in [-0.2, 0) is 4.79 Å². The monoisotopic (exact) mass is 309 g/mol. The Labute approximate surface area is 137 Å². The molecule has 0 spiro atoms. The van der Waals surface area contributed by atoms with Crippen LogP contribution < -0.4 is 10.6 Å². The van der Waals surface area contributed by atoms with Gasteiger partial charge in [-0.15, -0.1) is 0 Å². The van der Waals surface area contributed by atoms with Gasteiger partial charge >= 0.3 is 0 Å². The van der Waals surface area contributed by atoms with Gasteiger partial charge in [0.25, 0.3) is 0 Å². The first-order valence-electron chi connectivity index (χ1n) is 8.33. The zero-order valence-corrected chi connectivity index (χ0v) is 13.3. The quantitative estimate of drug-likeness (QED) is 0.889. The van der Waals surface area contributed by atoms with Crippen molar-refractivity contribution in [2.75, 3.05) is 18.4 Å². The zero-order chi connectivity index (χ0) is 15.9. The molecule has 4 nitrogen and oxygen atoms in total. The number of carbonyl (C=O) groups excluding carboxylic acids is 1. The van der Waals surface area contributed by atoms with Crippen molar-refractivity contribution in [3.8, 4) is 11.3 Å². The van der Waals surface area contributed by atoms with Gasteiger partial charge in [0.15, 0.2) is 0 Å². The lowest BCUT2D eigenvalue weighted by molar-refractivity contribution is -0.116. The van der Waals surface area contributed by atoms with E-state index in [0.717, 1.165) is 36.5 Å². The van der Waals surface area contributed by atoms with Crippen LogP contribution in [0.15, 0.2) is 48.7 Å². The van der Waals surface area contributed by atoms with Crippen LogP contribution in [0.1, 0.15) is 25.7 Å². The van der Waals surface area contributed by atoms with Crippen LogP contribution in [0.2, 0.25) is 0 Å². The van der Waals surface area contributed by atoms with Crippen LogP contribution in [0.5, 0.6) is 0 Å². The Bertz CT molecular complexity index is 636. The van der Waals surface area contributed by atoms with Crippen LogP contribution in [0, 0.1) is 5.92 Å². The Morgan fingerprint density at radius 1 is 1.17 bits per heavy atom. The second-order valence-electron chi connectivity index (χ2n) is 6.08. The van der Waals surface area contributed by atoms with E-state index in [9.17, 15) is 4.79 Å². The number of amides is 1. The summed E-state index contributed by atoms with van der Waals surface area (Å²) in [6.07, 6.45) is 5.67. The normalized spacial score (nSPS) is 15.3. The predicted molar refractivity (Wildman–Crippen MR) is 93.1 cm³/mol. The van der Waals surface area contributed by atoms with E-state index in [0.29, 0.717) is 12.3 Å². The minimum Gasteiger partial charge on any atom is -0.326 e. The van der Waals surface area contributed by atoms with Crippen molar-refractivity contribution in [3.63, 3.8) is 0 Å². The van der Waals surface area contributed by atoms with Crippen LogP contribution >= 0.6 is 0 Å². The highest BCUT2D eigenvalue weighted by Crippen LogP contribution is 2.21. The van der Waals surface area contributed by atoms with Gasteiger partial charge in [0.1, 0.15) is 0 Å². The van der Waals surface area contributed by atoms with Gasteiger partial charge in [-0.2, -0.15) is 0 Å². The maximum Gasteiger partial charge on any atom is 0.224 e. The maximum atomic E-state index is 12.2. The first kappa shape index (κ1) is 15.7. The minimum atomic E-state index is 0.0914. The van der Waals surface area contributed by atoms with E-state index in [1.165, 1.54) is 12.8 Å². The number of piperidine rings is 1. The molecule has 4 heteroatoms. The van der Waals surface area contributed by atoms with E-state index in [4.69, 9.17) is 0 Å². The molecule has 2 heterocycles. The number of benzene rings is 1. The van der Waals surface area contributed by atoms with Gasteiger partial charge in [-0.3, -0.25) is 9.78 Å². The summed E-state index contributed by atoms with van der Waals surface area (Å²) in [5.74, 6) is 0.771. The van der Waals surface area contributed by atoms with Crippen molar-refractivity contribution in [1.29, 1.82) is 0 Å². The van der Waals surface area contributed by atoms with Crippen molar-refractivity contribution in [2.45, 2.75) is 25.7 Å². The molecule has 2 N–H and O–H groups in total. The summed E-state index contributed by atoms with van der Waals surface area (Å²) in [6, 6.07) is 13.8. The van der Waals surface area contributed by atoms with Crippen molar-refractivity contribution in [1.82, 2.24) is 10.3 Å². The Morgan fingerprint density at radius 2 is 1.96 bits per heavy atom. The van der Waals surface area contributed by atoms with Gasteiger partial charge in [-0.25, -0.2) is 0 Å². The zero-order valence-electron chi connectivity index (χ0n) is 13.3. The average Bonchev–Trinajstić information content (AvgIpc) is 2.62. The summed E-state index contributed by atoms with van der Waals surface area (Å²) in [5, 5.41) is 6.35. The molecule has 0 aliphatic carbocycles. The molecule has 2 aromatic rings. The number of rotatable bonds is 5. The highest BCUT2D eigenvalue weighted by molar-refractivity contribution is 5.91. The second kappa shape index (κ2) is 7.88. The molecule has 3 rings (SSSR count). The van der Waals surface area contributed by atoms with E-state index in [2.05, 4.69) is 15.6 Å². The van der Waals surface area contributed by atoms with Crippen molar-refractivity contribution < 1.29 is 4.79 Å². The third-order valence-electron chi connectivity index (χ3n) is 4.35. The van der Waals surface area contributed by atoms with E-state index in [1.54, 1.807) is 6.20 Å². The van der Waals surface area contributed by atoms with Crippen molar-refractivity contribution in [2.24, 2.45) is 5.92 Å². The van der Waals surface area contributed by atoms with E-state index < -0.39 is 0 Å². The number of carbonyl (C=O) groups is 1. The molecule has 1 saturated heterocycles. The van der Waals surface area contributed by atoms with E-state index in [-0.39, 0.29) is 5.91 Å². The van der Waals surface area contributed by atoms with Gasteiger partial charge in [0.2, 0.25) is 5.91 Å². The van der Waals surface area contributed by atoms with E-state index >= 15 is 0 Å². The molecule has 1 aromatic heterocycles.